The zero-order valence-corrected chi connectivity index (χ0v) is 8.60. The maximum absolute atomic E-state index is 11.0. The highest BCUT2D eigenvalue weighted by Gasteiger charge is 2.20. The average Bonchev–Trinajstić information content (AvgIpc) is 2.73. The van der Waals surface area contributed by atoms with Gasteiger partial charge in [0.15, 0.2) is 5.82 Å². The van der Waals surface area contributed by atoms with Gasteiger partial charge in [-0.25, -0.2) is 0 Å². The minimum Gasteiger partial charge on any atom is -0.365 e. The third-order valence-corrected chi connectivity index (χ3v) is 2.44. The first-order chi connectivity index (χ1) is 7.79. The van der Waals surface area contributed by atoms with Crippen molar-refractivity contribution in [3.8, 4) is 6.07 Å². The standard InChI is InChI=1S/C10H11N5O/c11-5-7-3-4-13-15-10(7)12-6-8-1-2-9(16)14-8/h3-4,8H,1-2,6H2,(H,12,15)(H,14,16). The summed E-state index contributed by atoms with van der Waals surface area (Å²) in [5.74, 6) is 0.539. The van der Waals surface area contributed by atoms with E-state index < -0.39 is 0 Å². The molecule has 0 spiro atoms. The molecule has 82 valence electrons. The lowest BCUT2D eigenvalue weighted by atomic mass is 10.2. The predicted octanol–water partition coefficient (Wildman–Crippen LogP) is 0.0388. The van der Waals surface area contributed by atoms with Crippen molar-refractivity contribution in [3.05, 3.63) is 17.8 Å². The summed E-state index contributed by atoms with van der Waals surface area (Å²) >= 11 is 0. The second kappa shape index (κ2) is 4.57. The van der Waals surface area contributed by atoms with Crippen molar-refractivity contribution in [3.63, 3.8) is 0 Å². The second-order valence-corrected chi connectivity index (χ2v) is 3.59. The molecule has 0 aliphatic carbocycles. The molecule has 0 radical (unpaired) electrons. The molecule has 1 amide bonds. The normalized spacial score (nSPS) is 18.9. The molecule has 1 aromatic heterocycles. The Bertz CT molecular complexity index is 439. The van der Waals surface area contributed by atoms with Crippen LogP contribution in [0.3, 0.4) is 0 Å². The Hall–Kier alpha value is -2.16. The molecule has 2 rings (SSSR count). The van der Waals surface area contributed by atoms with Gasteiger partial charge in [0.2, 0.25) is 5.91 Å². The molecule has 2 heterocycles. The second-order valence-electron chi connectivity index (χ2n) is 3.59. The Morgan fingerprint density at radius 2 is 2.56 bits per heavy atom. The molecule has 1 atom stereocenters. The van der Waals surface area contributed by atoms with E-state index in [-0.39, 0.29) is 11.9 Å². The number of anilines is 1. The predicted molar refractivity (Wildman–Crippen MR) is 56.4 cm³/mol. The summed E-state index contributed by atoms with van der Waals surface area (Å²) in [6.45, 7) is 0.569. The number of carbonyl (C=O) groups excluding carboxylic acids is 1. The molecule has 6 nitrogen and oxygen atoms in total. The van der Waals surface area contributed by atoms with Crippen molar-refractivity contribution >= 4 is 11.7 Å². The number of amides is 1. The first kappa shape index (κ1) is 10.4. The van der Waals surface area contributed by atoms with Crippen LogP contribution in [-0.4, -0.2) is 28.7 Å². The molecule has 1 saturated heterocycles. The van der Waals surface area contributed by atoms with Crippen LogP contribution in [0.2, 0.25) is 0 Å². The van der Waals surface area contributed by atoms with Gasteiger partial charge in [-0.15, -0.1) is 5.10 Å². The van der Waals surface area contributed by atoms with Crippen LogP contribution < -0.4 is 10.6 Å². The van der Waals surface area contributed by atoms with Crippen LogP contribution in [0.1, 0.15) is 18.4 Å². The third kappa shape index (κ3) is 2.25. The highest BCUT2D eigenvalue weighted by atomic mass is 16.1. The molecule has 1 fully saturated rings. The van der Waals surface area contributed by atoms with E-state index in [2.05, 4.69) is 20.8 Å². The Morgan fingerprint density at radius 1 is 1.69 bits per heavy atom. The Morgan fingerprint density at radius 3 is 3.25 bits per heavy atom. The largest absolute Gasteiger partial charge is 0.365 e. The maximum Gasteiger partial charge on any atom is 0.220 e. The zero-order chi connectivity index (χ0) is 11.4. The number of nitrogens with zero attached hydrogens (tertiary/aromatic N) is 3. The number of nitriles is 1. The first-order valence-corrected chi connectivity index (χ1v) is 5.04. The number of nitrogens with one attached hydrogen (secondary N) is 2. The van der Waals surface area contributed by atoms with E-state index >= 15 is 0 Å². The number of hydrogen-bond donors (Lipinski definition) is 2. The smallest absolute Gasteiger partial charge is 0.220 e. The number of rotatable bonds is 3. The van der Waals surface area contributed by atoms with E-state index in [0.29, 0.717) is 24.3 Å². The van der Waals surface area contributed by atoms with Gasteiger partial charge in [-0.3, -0.25) is 4.79 Å². The zero-order valence-electron chi connectivity index (χ0n) is 8.60. The molecule has 2 N–H and O–H groups in total. The van der Waals surface area contributed by atoms with Gasteiger partial charge in [-0.2, -0.15) is 10.4 Å². The summed E-state index contributed by atoms with van der Waals surface area (Å²) in [7, 11) is 0. The first-order valence-electron chi connectivity index (χ1n) is 5.04. The third-order valence-electron chi connectivity index (χ3n) is 2.44. The number of carbonyl (C=O) groups is 1. The highest BCUT2D eigenvalue weighted by molar-refractivity contribution is 5.78. The quantitative estimate of drug-likeness (QED) is 0.745. The van der Waals surface area contributed by atoms with Crippen molar-refractivity contribution < 1.29 is 4.79 Å². The van der Waals surface area contributed by atoms with E-state index in [0.717, 1.165) is 6.42 Å². The van der Waals surface area contributed by atoms with Crippen LogP contribution in [0.5, 0.6) is 0 Å². The summed E-state index contributed by atoms with van der Waals surface area (Å²) in [4.78, 5) is 11.0. The summed E-state index contributed by atoms with van der Waals surface area (Å²) in [6.07, 6.45) is 2.85. The van der Waals surface area contributed by atoms with Gasteiger partial charge < -0.3 is 10.6 Å². The summed E-state index contributed by atoms with van der Waals surface area (Å²) in [6, 6.07) is 3.74. The van der Waals surface area contributed by atoms with E-state index in [9.17, 15) is 4.79 Å². The Kier molecular flexibility index (Phi) is 2.96. The molecule has 6 heteroatoms. The number of hydrogen-bond acceptors (Lipinski definition) is 5. The minimum atomic E-state index is 0.0754. The molecule has 1 aliphatic rings. The van der Waals surface area contributed by atoms with Gasteiger partial charge in [-0.05, 0) is 12.5 Å². The average molecular weight is 217 g/mol. The van der Waals surface area contributed by atoms with Crippen LogP contribution >= 0.6 is 0 Å². The van der Waals surface area contributed by atoms with Gasteiger partial charge >= 0.3 is 0 Å². The molecule has 0 aromatic carbocycles. The van der Waals surface area contributed by atoms with Gasteiger partial charge in [0.1, 0.15) is 6.07 Å². The molecule has 1 aromatic rings. The van der Waals surface area contributed by atoms with E-state index in [1.807, 2.05) is 6.07 Å². The fourth-order valence-electron chi connectivity index (χ4n) is 1.60. The van der Waals surface area contributed by atoms with Crippen molar-refractivity contribution in [2.45, 2.75) is 18.9 Å². The highest BCUT2D eigenvalue weighted by Crippen LogP contribution is 2.11. The fourth-order valence-corrected chi connectivity index (χ4v) is 1.60. The molecule has 16 heavy (non-hydrogen) atoms. The van der Waals surface area contributed by atoms with Crippen molar-refractivity contribution in [1.29, 1.82) is 5.26 Å². The Balaban J connectivity index is 1.95. The van der Waals surface area contributed by atoms with Gasteiger partial charge in [-0.1, -0.05) is 0 Å². The van der Waals surface area contributed by atoms with Gasteiger partial charge in [0.05, 0.1) is 11.8 Å². The van der Waals surface area contributed by atoms with Crippen LogP contribution in [0, 0.1) is 11.3 Å². The summed E-state index contributed by atoms with van der Waals surface area (Å²) in [5.41, 5.74) is 0.458. The van der Waals surface area contributed by atoms with Crippen LogP contribution in [0.25, 0.3) is 0 Å². The fraction of sp³-hybridized carbons (Fsp3) is 0.400. The van der Waals surface area contributed by atoms with E-state index in [4.69, 9.17) is 5.26 Å². The van der Waals surface area contributed by atoms with E-state index in [1.165, 1.54) is 6.20 Å². The Labute approximate surface area is 92.7 Å². The minimum absolute atomic E-state index is 0.0754. The summed E-state index contributed by atoms with van der Waals surface area (Å²) in [5, 5.41) is 22.2. The molecule has 1 unspecified atom stereocenters. The monoisotopic (exact) mass is 217 g/mol. The lowest BCUT2D eigenvalue weighted by Gasteiger charge is -2.11. The van der Waals surface area contributed by atoms with Gasteiger partial charge in [0.25, 0.3) is 0 Å². The lowest BCUT2D eigenvalue weighted by molar-refractivity contribution is -0.119. The van der Waals surface area contributed by atoms with Crippen molar-refractivity contribution in [2.24, 2.45) is 0 Å². The van der Waals surface area contributed by atoms with Crippen molar-refractivity contribution in [2.75, 3.05) is 11.9 Å². The molecule has 0 saturated carbocycles. The van der Waals surface area contributed by atoms with Crippen molar-refractivity contribution in [1.82, 2.24) is 15.5 Å². The SMILES string of the molecule is N#Cc1ccnnc1NCC1CCC(=O)N1. The summed E-state index contributed by atoms with van der Waals surface area (Å²) < 4.78 is 0. The molecular formula is C10H11N5O. The van der Waals surface area contributed by atoms with E-state index in [1.54, 1.807) is 6.07 Å². The number of aromatic nitrogens is 2. The topological polar surface area (TPSA) is 90.7 Å². The maximum atomic E-state index is 11.0. The van der Waals surface area contributed by atoms with Crippen LogP contribution in [0.4, 0.5) is 5.82 Å². The van der Waals surface area contributed by atoms with Crippen LogP contribution in [0.15, 0.2) is 12.3 Å². The molecule has 0 bridgehead atoms. The van der Waals surface area contributed by atoms with Crippen LogP contribution in [-0.2, 0) is 4.79 Å². The van der Waals surface area contributed by atoms with Gasteiger partial charge in [0, 0.05) is 19.0 Å². The lowest BCUT2D eigenvalue weighted by Crippen LogP contribution is -2.32. The molecular weight excluding hydrogens is 206 g/mol. The molecule has 1 aliphatic heterocycles.